The van der Waals surface area contributed by atoms with Gasteiger partial charge in [-0.05, 0) is 18.9 Å². The highest BCUT2D eigenvalue weighted by Gasteiger charge is 2.12. The fraction of sp³-hybridized carbons (Fsp3) is 0.875. The van der Waals surface area contributed by atoms with Gasteiger partial charge in [-0.15, -0.1) is 0 Å². The molecule has 0 amide bonds. The molecule has 0 aromatic heterocycles. The Morgan fingerprint density at radius 2 is 2.09 bits per heavy atom. The quantitative estimate of drug-likeness (QED) is 0.643. The third-order valence-corrected chi connectivity index (χ3v) is 3.25. The molecule has 1 atom stereocenters. The minimum Gasteiger partial charge on any atom is -0.300 e. The van der Waals surface area contributed by atoms with Crippen molar-refractivity contribution in [3.63, 3.8) is 0 Å². The molecule has 1 unspecified atom stereocenters. The molecule has 0 rings (SSSR count). The molecule has 0 aliphatic heterocycles. The van der Waals surface area contributed by atoms with Gasteiger partial charge < -0.3 is 0 Å². The molecule has 0 saturated carbocycles. The maximum absolute atomic E-state index is 11.0. The first kappa shape index (κ1) is 11.4. The molecule has 3 heteroatoms. The van der Waals surface area contributed by atoms with Gasteiger partial charge in [-0.1, -0.05) is 6.92 Å². The number of ketones is 1. The lowest BCUT2D eigenvalue weighted by Gasteiger charge is -2.10. The predicted octanol–water partition coefficient (Wildman–Crippen LogP) is 2.31. The van der Waals surface area contributed by atoms with Gasteiger partial charge in [0.15, 0.2) is 0 Å². The molecule has 0 fully saturated rings. The van der Waals surface area contributed by atoms with Crippen LogP contribution in [0, 0.1) is 5.92 Å². The van der Waals surface area contributed by atoms with E-state index in [-0.39, 0.29) is 5.92 Å². The number of hydrogen-bond donors (Lipinski definition) is 0. The van der Waals surface area contributed by atoms with Gasteiger partial charge in [0.25, 0.3) is 0 Å². The van der Waals surface area contributed by atoms with E-state index in [0.717, 1.165) is 17.3 Å². The second kappa shape index (κ2) is 7.04. The molecule has 0 saturated heterocycles. The summed E-state index contributed by atoms with van der Waals surface area (Å²) < 4.78 is 0. The first-order chi connectivity index (χ1) is 5.22. The van der Waals surface area contributed by atoms with Crippen molar-refractivity contribution in [3.8, 4) is 0 Å². The Labute approximate surface area is 77.7 Å². The predicted molar refractivity (Wildman–Crippen MR) is 55.6 cm³/mol. The van der Waals surface area contributed by atoms with E-state index in [2.05, 4.69) is 6.92 Å². The molecule has 0 aromatic carbocycles. The average Bonchev–Trinajstić information content (AvgIpc) is 1.97. The second-order valence-corrected chi connectivity index (χ2v) is 4.65. The Hall–Kier alpha value is 0.370. The van der Waals surface area contributed by atoms with E-state index in [1.165, 1.54) is 0 Å². The van der Waals surface area contributed by atoms with Crippen LogP contribution in [-0.4, -0.2) is 29.3 Å². The van der Waals surface area contributed by atoms with E-state index in [9.17, 15) is 4.79 Å². The monoisotopic (exact) mass is 192 g/mol. The summed E-state index contributed by atoms with van der Waals surface area (Å²) in [6.45, 7) is 3.82. The number of hydrogen-bond acceptors (Lipinski definition) is 3. The van der Waals surface area contributed by atoms with E-state index in [4.69, 9.17) is 0 Å². The minimum absolute atomic E-state index is 0.273. The number of carbonyl (C=O) groups excluding carboxylic acids is 1. The van der Waals surface area contributed by atoms with E-state index < -0.39 is 0 Å². The molecule has 1 nitrogen and oxygen atoms in total. The first-order valence-corrected chi connectivity index (χ1v) is 6.34. The standard InChI is InChI=1S/C8H16OS2/c1-4-11-6-8(5-10-3)7(2)9/h8H,4-6H2,1-3H3. The topological polar surface area (TPSA) is 17.1 Å². The van der Waals surface area contributed by atoms with Crippen molar-refractivity contribution < 1.29 is 4.79 Å². The lowest BCUT2D eigenvalue weighted by atomic mass is 10.1. The molecular formula is C8H16OS2. The molecule has 0 bridgehead atoms. The highest BCUT2D eigenvalue weighted by molar-refractivity contribution is 7.99. The molecule has 11 heavy (non-hydrogen) atoms. The van der Waals surface area contributed by atoms with E-state index in [1.54, 1.807) is 18.7 Å². The van der Waals surface area contributed by atoms with Crippen LogP contribution in [0.15, 0.2) is 0 Å². The maximum Gasteiger partial charge on any atom is 0.134 e. The van der Waals surface area contributed by atoms with Crippen LogP contribution in [0.3, 0.4) is 0 Å². The second-order valence-electron chi connectivity index (χ2n) is 2.42. The molecule has 0 aliphatic rings. The van der Waals surface area contributed by atoms with Crippen LogP contribution < -0.4 is 0 Å². The average molecular weight is 192 g/mol. The Bertz CT molecular complexity index is 115. The Kier molecular flexibility index (Phi) is 7.28. The van der Waals surface area contributed by atoms with Crippen LogP contribution >= 0.6 is 23.5 Å². The SMILES string of the molecule is CCSCC(CSC)C(C)=O. The van der Waals surface area contributed by atoms with Gasteiger partial charge in [0.1, 0.15) is 5.78 Å². The molecule has 66 valence electrons. The minimum atomic E-state index is 0.273. The molecule has 0 aliphatic carbocycles. The molecule has 0 N–H and O–H groups in total. The summed E-state index contributed by atoms with van der Waals surface area (Å²) in [6, 6.07) is 0. The van der Waals surface area contributed by atoms with Crippen LogP contribution in [-0.2, 0) is 4.79 Å². The lowest BCUT2D eigenvalue weighted by molar-refractivity contribution is -0.119. The van der Waals surface area contributed by atoms with Gasteiger partial charge in [-0.25, -0.2) is 0 Å². The van der Waals surface area contributed by atoms with Gasteiger partial charge in [0.05, 0.1) is 0 Å². The van der Waals surface area contributed by atoms with Crippen molar-refractivity contribution in [2.24, 2.45) is 5.92 Å². The highest BCUT2D eigenvalue weighted by atomic mass is 32.2. The van der Waals surface area contributed by atoms with Crippen LogP contribution in [0.25, 0.3) is 0 Å². The maximum atomic E-state index is 11.0. The van der Waals surface area contributed by atoms with Crippen molar-refractivity contribution >= 4 is 29.3 Å². The van der Waals surface area contributed by atoms with Crippen molar-refractivity contribution in [1.82, 2.24) is 0 Å². The van der Waals surface area contributed by atoms with E-state index >= 15 is 0 Å². The third-order valence-electron chi connectivity index (χ3n) is 1.47. The summed E-state index contributed by atoms with van der Waals surface area (Å²) in [7, 11) is 0. The number of Topliss-reactive ketones (excluding diaryl/α,β-unsaturated/α-hetero) is 1. The molecule has 0 radical (unpaired) electrons. The summed E-state index contributed by atoms with van der Waals surface area (Å²) in [5.41, 5.74) is 0. The fourth-order valence-corrected chi connectivity index (χ4v) is 2.52. The fourth-order valence-electron chi connectivity index (χ4n) is 0.744. The van der Waals surface area contributed by atoms with Crippen LogP contribution in [0.2, 0.25) is 0 Å². The zero-order valence-corrected chi connectivity index (χ0v) is 9.06. The Morgan fingerprint density at radius 1 is 1.45 bits per heavy atom. The van der Waals surface area contributed by atoms with E-state index in [0.29, 0.717) is 5.78 Å². The van der Waals surface area contributed by atoms with Crippen molar-refractivity contribution in [2.45, 2.75) is 13.8 Å². The smallest absolute Gasteiger partial charge is 0.134 e. The van der Waals surface area contributed by atoms with Crippen molar-refractivity contribution in [1.29, 1.82) is 0 Å². The molecule has 0 heterocycles. The van der Waals surface area contributed by atoms with Crippen molar-refractivity contribution in [2.75, 3.05) is 23.5 Å². The summed E-state index contributed by atoms with van der Waals surface area (Å²) in [6.07, 6.45) is 2.05. The zero-order valence-electron chi connectivity index (χ0n) is 7.42. The normalized spacial score (nSPS) is 13.0. The number of thioether (sulfide) groups is 2. The van der Waals surface area contributed by atoms with Gasteiger partial charge in [-0.3, -0.25) is 4.79 Å². The van der Waals surface area contributed by atoms with Crippen molar-refractivity contribution in [3.05, 3.63) is 0 Å². The number of rotatable bonds is 6. The zero-order chi connectivity index (χ0) is 8.69. The van der Waals surface area contributed by atoms with Crippen LogP contribution in [0.1, 0.15) is 13.8 Å². The summed E-state index contributed by atoms with van der Waals surface area (Å²) in [5.74, 6) is 3.68. The first-order valence-electron chi connectivity index (χ1n) is 3.79. The summed E-state index contributed by atoms with van der Waals surface area (Å²) >= 11 is 3.60. The van der Waals surface area contributed by atoms with Gasteiger partial charge in [0.2, 0.25) is 0 Å². The molecular weight excluding hydrogens is 176 g/mol. The lowest BCUT2D eigenvalue weighted by Crippen LogP contribution is -2.16. The van der Waals surface area contributed by atoms with Crippen LogP contribution in [0.5, 0.6) is 0 Å². The third kappa shape index (κ3) is 5.62. The molecule has 0 spiro atoms. The summed E-state index contributed by atoms with van der Waals surface area (Å²) in [4.78, 5) is 11.0. The largest absolute Gasteiger partial charge is 0.300 e. The molecule has 0 aromatic rings. The Balaban J connectivity index is 3.60. The highest BCUT2D eigenvalue weighted by Crippen LogP contribution is 2.13. The summed E-state index contributed by atoms with van der Waals surface area (Å²) in [5, 5.41) is 0. The van der Waals surface area contributed by atoms with Gasteiger partial charge >= 0.3 is 0 Å². The Morgan fingerprint density at radius 3 is 2.45 bits per heavy atom. The van der Waals surface area contributed by atoms with E-state index in [1.807, 2.05) is 18.0 Å². The van der Waals surface area contributed by atoms with Gasteiger partial charge in [0, 0.05) is 17.4 Å². The van der Waals surface area contributed by atoms with Gasteiger partial charge in [-0.2, -0.15) is 23.5 Å². The van der Waals surface area contributed by atoms with Crippen LogP contribution in [0.4, 0.5) is 0 Å². The number of carbonyl (C=O) groups is 1.